The molecular formula is C9H20N2O3. The maximum atomic E-state index is 11.3. The number of carbonyl (C=O) groups excluding carboxylic acids is 1. The lowest BCUT2D eigenvalue weighted by molar-refractivity contribution is -0.122. The van der Waals surface area contributed by atoms with Gasteiger partial charge in [0.1, 0.15) is 0 Å². The molecule has 0 fully saturated rings. The quantitative estimate of drug-likeness (QED) is 0.523. The van der Waals surface area contributed by atoms with Crippen LogP contribution in [0.5, 0.6) is 0 Å². The van der Waals surface area contributed by atoms with Gasteiger partial charge in [0.15, 0.2) is 0 Å². The van der Waals surface area contributed by atoms with Gasteiger partial charge in [-0.15, -0.1) is 0 Å². The van der Waals surface area contributed by atoms with Gasteiger partial charge in [-0.1, -0.05) is 0 Å². The van der Waals surface area contributed by atoms with Gasteiger partial charge < -0.3 is 20.5 Å². The molecule has 1 atom stereocenters. The Bertz CT molecular complexity index is 153. The highest BCUT2D eigenvalue weighted by Gasteiger charge is 2.11. The molecule has 0 aliphatic rings. The van der Waals surface area contributed by atoms with Gasteiger partial charge in [-0.25, -0.2) is 0 Å². The Morgan fingerprint density at radius 1 is 1.36 bits per heavy atom. The molecule has 14 heavy (non-hydrogen) atoms. The molecule has 0 aromatic rings. The number of carbonyl (C=O) groups is 1. The van der Waals surface area contributed by atoms with Crippen molar-refractivity contribution in [2.45, 2.75) is 18.9 Å². The molecule has 84 valence electrons. The number of hydrogen-bond acceptors (Lipinski definition) is 4. The summed E-state index contributed by atoms with van der Waals surface area (Å²) >= 11 is 0. The summed E-state index contributed by atoms with van der Waals surface area (Å²) in [5, 5.41) is 2.68. The Balaban J connectivity index is 3.44. The Kier molecular flexibility index (Phi) is 8.51. The fourth-order valence-corrected chi connectivity index (χ4v) is 0.986. The minimum atomic E-state index is -0.443. The second-order valence-corrected chi connectivity index (χ2v) is 3.03. The Morgan fingerprint density at radius 2 is 2.00 bits per heavy atom. The Morgan fingerprint density at radius 3 is 2.57 bits per heavy atom. The smallest absolute Gasteiger partial charge is 0.236 e. The summed E-state index contributed by atoms with van der Waals surface area (Å²) in [6, 6.07) is -0.443. The minimum Gasteiger partial charge on any atom is -0.385 e. The molecule has 0 spiro atoms. The molecule has 0 radical (unpaired) electrons. The molecule has 0 aliphatic carbocycles. The van der Waals surface area contributed by atoms with E-state index in [9.17, 15) is 4.79 Å². The van der Waals surface area contributed by atoms with E-state index in [1.54, 1.807) is 14.2 Å². The summed E-state index contributed by atoms with van der Waals surface area (Å²) in [6.07, 6.45) is 1.45. The Hall–Kier alpha value is -0.650. The van der Waals surface area contributed by atoms with Crippen LogP contribution in [-0.4, -0.2) is 45.9 Å². The summed E-state index contributed by atoms with van der Waals surface area (Å²) in [5.41, 5.74) is 5.63. The molecule has 0 heterocycles. The topological polar surface area (TPSA) is 73.6 Å². The van der Waals surface area contributed by atoms with Crippen LogP contribution in [0.2, 0.25) is 0 Å². The summed E-state index contributed by atoms with van der Waals surface area (Å²) in [4.78, 5) is 11.3. The zero-order valence-corrected chi connectivity index (χ0v) is 8.91. The summed E-state index contributed by atoms with van der Waals surface area (Å²) in [7, 11) is 3.22. The van der Waals surface area contributed by atoms with Crippen LogP contribution in [0.15, 0.2) is 0 Å². The molecular weight excluding hydrogens is 184 g/mol. The van der Waals surface area contributed by atoms with Gasteiger partial charge in [0.2, 0.25) is 5.91 Å². The molecule has 0 saturated heterocycles. The molecule has 1 amide bonds. The first-order valence-corrected chi connectivity index (χ1v) is 4.73. The van der Waals surface area contributed by atoms with Crippen molar-refractivity contribution >= 4 is 5.91 Å². The van der Waals surface area contributed by atoms with Crippen LogP contribution in [0.4, 0.5) is 0 Å². The lowest BCUT2D eigenvalue weighted by Gasteiger charge is -2.11. The highest BCUT2D eigenvalue weighted by Crippen LogP contribution is 1.94. The van der Waals surface area contributed by atoms with Crippen molar-refractivity contribution in [1.82, 2.24) is 5.32 Å². The second kappa shape index (κ2) is 8.93. The van der Waals surface area contributed by atoms with Gasteiger partial charge in [0.05, 0.1) is 12.6 Å². The van der Waals surface area contributed by atoms with E-state index in [1.807, 2.05) is 0 Å². The van der Waals surface area contributed by atoms with Crippen molar-refractivity contribution in [3.8, 4) is 0 Å². The van der Waals surface area contributed by atoms with E-state index in [0.717, 1.165) is 6.42 Å². The van der Waals surface area contributed by atoms with E-state index in [1.165, 1.54) is 0 Å². The van der Waals surface area contributed by atoms with Gasteiger partial charge in [-0.2, -0.15) is 0 Å². The maximum absolute atomic E-state index is 11.3. The third-order valence-electron chi connectivity index (χ3n) is 1.81. The number of ether oxygens (including phenoxy) is 2. The van der Waals surface area contributed by atoms with Crippen LogP contribution in [0.3, 0.4) is 0 Å². The number of rotatable bonds is 8. The number of amides is 1. The van der Waals surface area contributed by atoms with Crippen molar-refractivity contribution in [3.05, 3.63) is 0 Å². The third kappa shape index (κ3) is 6.82. The highest BCUT2D eigenvalue weighted by atomic mass is 16.5. The lowest BCUT2D eigenvalue weighted by atomic mass is 10.1. The summed E-state index contributed by atoms with van der Waals surface area (Å²) in [5.74, 6) is -0.127. The van der Waals surface area contributed by atoms with Crippen molar-refractivity contribution < 1.29 is 14.3 Å². The van der Waals surface area contributed by atoms with E-state index in [4.69, 9.17) is 15.2 Å². The van der Waals surface area contributed by atoms with E-state index in [2.05, 4.69) is 5.32 Å². The first-order chi connectivity index (χ1) is 6.72. The molecule has 0 saturated carbocycles. The normalized spacial score (nSPS) is 12.5. The van der Waals surface area contributed by atoms with Crippen molar-refractivity contribution in [1.29, 1.82) is 0 Å². The van der Waals surface area contributed by atoms with E-state index < -0.39 is 6.04 Å². The maximum Gasteiger partial charge on any atom is 0.236 e. The fraction of sp³-hybridized carbons (Fsp3) is 0.889. The number of hydrogen-bond donors (Lipinski definition) is 2. The van der Waals surface area contributed by atoms with Crippen LogP contribution in [0.1, 0.15) is 12.8 Å². The van der Waals surface area contributed by atoms with Crippen LogP contribution < -0.4 is 11.1 Å². The van der Waals surface area contributed by atoms with Crippen LogP contribution in [0, 0.1) is 0 Å². The van der Waals surface area contributed by atoms with Gasteiger partial charge in [-0.05, 0) is 12.8 Å². The zero-order valence-electron chi connectivity index (χ0n) is 8.91. The van der Waals surface area contributed by atoms with Crippen LogP contribution >= 0.6 is 0 Å². The first-order valence-electron chi connectivity index (χ1n) is 4.73. The molecule has 0 aliphatic heterocycles. The molecule has 5 heteroatoms. The first kappa shape index (κ1) is 13.4. The summed E-state index contributed by atoms with van der Waals surface area (Å²) < 4.78 is 9.66. The largest absolute Gasteiger partial charge is 0.385 e. The Labute approximate surface area is 84.9 Å². The van der Waals surface area contributed by atoms with Crippen LogP contribution in [0.25, 0.3) is 0 Å². The zero-order chi connectivity index (χ0) is 10.8. The van der Waals surface area contributed by atoms with Crippen LogP contribution in [-0.2, 0) is 14.3 Å². The SMILES string of the molecule is COCCCC(N)C(=O)NCCOC. The van der Waals surface area contributed by atoms with Crippen molar-refractivity contribution in [2.75, 3.05) is 34.0 Å². The third-order valence-corrected chi connectivity index (χ3v) is 1.81. The van der Waals surface area contributed by atoms with Crippen molar-refractivity contribution in [3.63, 3.8) is 0 Å². The second-order valence-electron chi connectivity index (χ2n) is 3.03. The van der Waals surface area contributed by atoms with E-state index >= 15 is 0 Å². The van der Waals surface area contributed by atoms with Gasteiger partial charge >= 0.3 is 0 Å². The fourth-order valence-electron chi connectivity index (χ4n) is 0.986. The molecule has 0 aromatic carbocycles. The minimum absolute atomic E-state index is 0.127. The average molecular weight is 204 g/mol. The number of methoxy groups -OCH3 is 2. The van der Waals surface area contributed by atoms with E-state index in [-0.39, 0.29) is 5.91 Å². The van der Waals surface area contributed by atoms with Gasteiger partial charge in [-0.3, -0.25) is 4.79 Å². The van der Waals surface area contributed by atoms with Gasteiger partial charge in [0.25, 0.3) is 0 Å². The predicted octanol–water partition coefficient (Wildman–Crippen LogP) is -0.497. The van der Waals surface area contributed by atoms with Gasteiger partial charge in [0, 0.05) is 27.4 Å². The molecule has 0 bridgehead atoms. The molecule has 0 rings (SSSR count). The van der Waals surface area contributed by atoms with E-state index in [0.29, 0.717) is 26.2 Å². The number of nitrogens with one attached hydrogen (secondary N) is 1. The molecule has 1 unspecified atom stereocenters. The van der Waals surface area contributed by atoms with Crippen molar-refractivity contribution in [2.24, 2.45) is 5.73 Å². The molecule has 0 aromatic heterocycles. The average Bonchev–Trinajstić information content (AvgIpc) is 2.18. The lowest BCUT2D eigenvalue weighted by Crippen LogP contribution is -2.41. The monoisotopic (exact) mass is 204 g/mol. The summed E-state index contributed by atoms with van der Waals surface area (Å²) in [6.45, 7) is 1.66. The molecule has 3 N–H and O–H groups in total. The highest BCUT2D eigenvalue weighted by molar-refractivity contribution is 5.81. The molecule has 5 nitrogen and oxygen atoms in total. The predicted molar refractivity (Wildman–Crippen MR) is 54.0 cm³/mol. The standard InChI is InChI=1S/C9H20N2O3/c1-13-6-3-4-8(10)9(12)11-5-7-14-2/h8H,3-7,10H2,1-2H3,(H,11,12). The number of nitrogens with two attached hydrogens (primary N) is 1.